The predicted octanol–water partition coefficient (Wildman–Crippen LogP) is 1.12. The fraction of sp³-hybridized carbons (Fsp3) is 0.571. The number of hydrogen-bond donors (Lipinski definition) is 2. The lowest BCUT2D eigenvalue weighted by molar-refractivity contribution is -0.157. The number of nitrogens with one attached hydrogen (secondary N) is 1. The first-order valence-electron chi connectivity index (χ1n) is 3.50. The van der Waals surface area contributed by atoms with Crippen molar-refractivity contribution in [2.45, 2.75) is 20.3 Å². The highest BCUT2D eigenvalue weighted by molar-refractivity contribution is 5.91. The molecule has 0 radical (unpaired) electrons. The summed E-state index contributed by atoms with van der Waals surface area (Å²) in [7, 11) is 0. The minimum absolute atomic E-state index is 0. The van der Waals surface area contributed by atoms with E-state index in [0.717, 1.165) is 11.6 Å². The fourth-order valence-electron chi connectivity index (χ4n) is 0.480. The summed E-state index contributed by atoms with van der Waals surface area (Å²) >= 11 is 0. The molecule has 0 aromatic rings. The van der Waals surface area contributed by atoms with E-state index in [1.165, 1.54) is 0 Å². The second-order valence-electron chi connectivity index (χ2n) is 2.34. The molecular formula is C7H15ClN2O2. The van der Waals surface area contributed by atoms with E-state index in [-0.39, 0.29) is 18.3 Å². The van der Waals surface area contributed by atoms with Gasteiger partial charge in [0, 0.05) is 12.1 Å². The summed E-state index contributed by atoms with van der Waals surface area (Å²) in [5.74, 6) is -0.360. The van der Waals surface area contributed by atoms with Crippen LogP contribution in [0.2, 0.25) is 0 Å². The van der Waals surface area contributed by atoms with Crippen molar-refractivity contribution in [2.24, 2.45) is 0 Å². The quantitative estimate of drug-likeness (QED) is 0.521. The summed E-state index contributed by atoms with van der Waals surface area (Å²) in [5.41, 5.74) is 2.61. The van der Waals surface area contributed by atoms with Crippen LogP contribution in [-0.4, -0.2) is 22.8 Å². The summed E-state index contributed by atoms with van der Waals surface area (Å²) < 4.78 is 0. The van der Waals surface area contributed by atoms with Crippen LogP contribution < -0.4 is 5.43 Å². The Bertz CT molecular complexity index is 161. The Balaban J connectivity index is 0. The number of hydrogen-bond acceptors (Lipinski definition) is 3. The van der Waals surface area contributed by atoms with Crippen LogP contribution in [0.25, 0.3) is 0 Å². The van der Waals surface area contributed by atoms with Gasteiger partial charge in [0.25, 0.3) is 5.91 Å². The van der Waals surface area contributed by atoms with Gasteiger partial charge in [0.05, 0.1) is 0 Å². The normalized spacial score (nSPS) is 9.00. The Hall–Kier alpha value is -0.580. The molecule has 0 saturated carbocycles. The summed E-state index contributed by atoms with van der Waals surface area (Å²) in [6.07, 6.45) is 0.771. The Morgan fingerprint density at radius 1 is 1.67 bits per heavy atom. The number of rotatable bonds is 4. The van der Waals surface area contributed by atoms with Crippen molar-refractivity contribution in [2.75, 3.05) is 6.54 Å². The summed E-state index contributed by atoms with van der Waals surface area (Å²) in [5, 5.41) is 9.69. The molecule has 0 unspecified atom stereocenters. The van der Waals surface area contributed by atoms with Crippen LogP contribution in [-0.2, 0) is 4.79 Å². The van der Waals surface area contributed by atoms with Gasteiger partial charge in [0.2, 0.25) is 0 Å². The zero-order chi connectivity index (χ0) is 8.85. The Kier molecular flexibility index (Phi) is 8.26. The van der Waals surface area contributed by atoms with Gasteiger partial charge in [-0.2, -0.15) is 0 Å². The molecule has 72 valence electrons. The molecule has 0 atom stereocenters. The lowest BCUT2D eigenvalue weighted by atomic mass is 10.3. The molecule has 5 heteroatoms. The van der Waals surface area contributed by atoms with Gasteiger partial charge in [-0.05, 0) is 13.3 Å². The Labute approximate surface area is 78.6 Å². The molecule has 0 fully saturated rings. The van der Waals surface area contributed by atoms with Crippen LogP contribution >= 0.6 is 12.4 Å². The average Bonchev–Trinajstić information content (AvgIpc) is 1.87. The van der Waals surface area contributed by atoms with Crippen LogP contribution in [0.1, 0.15) is 20.3 Å². The smallest absolute Gasteiger partial charge is 0.262 e. The van der Waals surface area contributed by atoms with E-state index in [9.17, 15) is 4.79 Å². The third-order valence-corrected chi connectivity index (χ3v) is 1.05. The third-order valence-electron chi connectivity index (χ3n) is 1.05. The average molecular weight is 195 g/mol. The van der Waals surface area contributed by atoms with Crippen molar-refractivity contribution in [3.8, 4) is 0 Å². The van der Waals surface area contributed by atoms with Crippen molar-refractivity contribution >= 4 is 18.3 Å². The van der Waals surface area contributed by atoms with Crippen LogP contribution in [0.4, 0.5) is 0 Å². The maximum atomic E-state index is 10.8. The molecular weight excluding hydrogens is 180 g/mol. The van der Waals surface area contributed by atoms with Crippen molar-refractivity contribution < 1.29 is 10.0 Å². The Morgan fingerprint density at radius 2 is 2.17 bits per heavy atom. The summed E-state index contributed by atoms with van der Waals surface area (Å²) in [4.78, 5) is 10.8. The molecule has 0 bridgehead atoms. The van der Waals surface area contributed by atoms with Gasteiger partial charge in [0.15, 0.2) is 0 Å². The molecule has 0 aliphatic rings. The van der Waals surface area contributed by atoms with E-state index >= 15 is 0 Å². The monoisotopic (exact) mass is 194 g/mol. The predicted molar refractivity (Wildman–Crippen MR) is 49.0 cm³/mol. The molecule has 0 aliphatic carbocycles. The van der Waals surface area contributed by atoms with Crippen molar-refractivity contribution in [1.29, 1.82) is 0 Å². The van der Waals surface area contributed by atoms with Gasteiger partial charge in [-0.15, -0.1) is 17.6 Å². The van der Waals surface area contributed by atoms with E-state index in [2.05, 4.69) is 12.0 Å². The molecule has 0 saturated heterocycles. The highest BCUT2D eigenvalue weighted by atomic mass is 35.5. The van der Waals surface area contributed by atoms with Crippen LogP contribution in [0.15, 0.2) is 12.2 Å². The molecule has 0 aromatic carbocycles. The zero-order valence-corrected chi connectivity index (χ0v) is 8.15. The number of carbonyl (C=O) groups is 1. The van der Waals surface area contributed by atoms with Crippen LogP contribution in [0.3, 0.4) is 0 Å². The van der Waals surface area contributed by atoms with Gasteiger partial charge in [-0.1, -0.05) is 13.5 Å². The first kappa shape index (κ1) is 14.0. The van der Waals surface area contributed by atoms with E-state index < -0.39 is 0 Å². The molecule has 0 spiro atoms. The van der Waals surface area contributed by atoms with Gasteiger partial charge < -0.3 is 0 Å². The fourth-order valence-corrected chi connectivity index (χ4v) is 0.480. The highest BCUT2D eigenvalue weighted by Gasteiger charge is 2.04. The van der Waals surface area contributed by atoms with Gasteiger partial charge in [-0.25, -0.2) is 0 Å². The molecule has 0 aliphatic heterocycles. The molecule has 0 heterocycles. The van der Waals surface area contributed by atoms with Crippen molar-refractivity contribution in [3.05, 3.63) is 12.2 Å². The number of hydroxylamine groups is 1. The standard InChI is InChI=1S/C7H14N2O2.ClH/c1-4-5-9(11)8-7(10)6(2)3;/h11H,2,4-5H2,1,3H3,(H,8,10);1H. The van der Waals surface area contributed by atoms with E-state index in [4.69, 9.17) is 5.21 Å². The number of halogens is 1. The number of amides is 1. The van der Waals surface area contributed by atoms with Crippen molar-refractivity contribution in [1.82, 2.24) is 10.6 Å². The molecule has 0 rings (SSSR count). The topological polar surface area (TPSA) is 52.6 Å². The second-order valence-corrected chi connectivity index (χ2v) is 2.34. The zero-order valence-electron chi connectivity index (χ0n) is 7.33. The van der Waals surface area contributed by atoms with Gasteiger partial charge >= 0.3 is 0 Å². The lowest BCUT2D eigenvalue weighted by Crippen LogP contribution is -2.40. The largest absolute Gasteiger partial charge is 0.294 e. The van der Waals surface area contributed by atoms with Crippen LogP contribution in [0, 0.1) is 0 Å². The highest BCUT2D eigenvalue weighted by Crippen LogP contribution is 1.87. The van der Waals surface area contributed by atoms with Crippen LogP contribution in [0.5, 0.6) is 0 Å². The number of carbonyl (C=O) groups excluding carboxylic acids is 1. The molecule has 4 nitrogen and oxygen atoms in total. The van der Waals surface area contributed by atoms with Crippen molar-refractivity contribution in [3.63, 3.8) is 0 Å². The molecule has 12 heavy (non-hydrogen) atoms. The second kappa shape index (κ2) is 7.09. The van der Waals surface area contributed by atoms with E-state index in [0.29, 0.717) is 12.1 Å². The number of nitrogens with zero attached hydrogens (tertiary/aromatic N) is 1. The summed E-state index contributed by atoms with van der Waals surface area (Å²) in [6, 6.07) is 0. The minimum atomic E-state index is -0.360. The molecule has 2 N–H and O–H groups in total. The molecule has 0 aromatic heterocycles. The van der Waals surface area contributed by atoms with Gasteiger partial charge in [-0.3, -0.25) is 15.4 Å². The first-order valence-corrected chi connectivity index (χ1v) is 3.50. The first-order chi connectivity index (χ1) is 5.07. The summed E-state index contributed by atoms with van der Waals surface area (Å²) in [6.45, 7) is 7.31. The minimum Gasteiger partial charge on any atom is -0.294 e. The van der Waals surface area contributed by atoms with E-state index in [1.54, 1.807) is 6.92 Å². The maximum absolute atomic E-state index is 10.8. The third kappa shape index (κ3) is 6.15. The van der Waals surface area contributed by atoms with E-state index in [1.807, 2.05) is 6.92 Å². The number of hydrazine groups is 1. The Morgan fingerprint density at radius 3 is 2.50 bits per heavy atom. The van der Waals surface area contributed by atoms with Gasteiger partial charge in [0.1, 0.15) is 0 Å². The SMILES string of the molecule is C=C(C)C(=O)NN(O)CCC.Cl. The maximum Gasteiger partial charge on any atom is 0.262 e. The molecule has 1 amide bonds. The lowest BCUT2D eigenvalue weighted by Gasteiger charge is -2.14.